The molecule has 2 aromatic carbocycles. The SMILES string of the molecule is Cc1ccc2c(NCCC(C)O)cccc2c1Oc1ncccc1-c1ccnc(N[C@H]2CCCN(C(=O)O)C2)n1. The van der Waals surface area contributed by atoms with Crippen LogP contribution in [0.3, 0.4) is 0 Å². The predicted octanol–water partition coefficient (Wildman–Crippen LogP) is 5.53. The number of fused-ring (bicyclic) bond motifs is 1. The monoisotopic (exact) mass is 542 g/mol. The standard InChI is InChI=1S/C30H34N6O4/c1-19-10-11-22-23(7-3-9-25(22)31-15-12-20(2)37)27(19)40-28-24(8-4-14-32-28)26-13-16-33-29(35-26)34-21-6-5-17-36(18-21)30(38)39/h3-4,7-11,13-14,16,20-21,31,37H,5-6,12,15,17-18H2,1-2H3,(H,38,39)(H,33,34,35)/t20?,21-/m0/s1. The van der Waals surface area contributed by atoms with Crippen LogP contribution in [0.4, 0.5) is 16.4 Å². The van der Waals surface area contributed by atoms with E-state index in [9.17, 15) is 15.0 Å². The molecular formula is C30H34N6O4. The molecule has 0 bridgehead atoms. The molecule has 10 heteroatoms. The van der Waals surface area contributed by atoms with E-state index in [1.165, 1.54) is 4.90 Å². The molecule has 0 spiro atoms. The second-order valence-corrected chi connectivity index (χ2v) is 10.1. The molecule has 4 aromatic rings. The number of nitrogens with zero attached hydrogens (tertiary/aromatic N) is 4. The topological polar surface area (TPSA) is 133 Å². The summed E-state index contributed by atoms with van der Waals surface area (Å²) < 4.78 is 6.50. The largest absolute Gasteiger partial charge is 0.465 e. The lowest BCUT2D eigenvalue weighted by Crippen LogP contribution is -2.44. The number of nitrogens with one attached hydrogen (secondary N) is 2. The Hall–Kier alpha value is -4.44. The van der Waals surface area contributed by atoms with Crippen molar-refractivity contribution in [2.24, 2.45) is 0 Å². The van der Waals surface area contributed by atoms with E-state index in [0.717, 1.165) is 34.9 Å². The molecule has 2 aromatic heterocycles. The van der Waals surface area contributed by atoms with Gasteiger partial charge in [0.1, 0.15) is 5.75 Å². The van der Waals surface area contributed by atoms with Crippen molar-refractivity contribution < 1.29 is 19.7 Å². The first kappa shape index (κ1) is 27.1. The van der Waals surface area contributed by atoms with Crippen LogP contribution in [-0.4, -0.2) is 67.9 Å². The Bertz CT molecular complexity index is 1490. The third kappa shape index (κ3) is 6.23. The van der Waals surface area contributed by atoms with Gasteiger partial charge in [-0.3, -0.25) is 0 Å². The van der Waals surface area contributed by atoms with Gasteiger partial charge < -0.3 is 30.5 Å². The van der Waals surface area contributed by atoms with Crippen molar-refractivity contribution in [3.63, 3.8) is 0 Å². The fourth-order valence-corrected chi connectivity index (χ4v) is 4.94. The van der Waals surface area contributed by atoms with Gasteiger partial charge >= 0.3 is 6.09 Å². The molecule has 0 saturated carbocycles. The molecule has 0 radical (unpaired) electrons. The van der Waals surface area contributed by atoms with E-state index < -0.39 is 6.09 Å². The van der Waals surface area contributed by atoms with Crippen LogP contribution in [0.2, 0.25) is 0 Å². The molecule has 1 amide bonds. The quantitative estimate of drug-likeness (QED) is 0.215. The second kappa shape index (κ2) is 12.2. The number of aryl methyl sites for hydroxylation is 1. The fourth-order valence-electron chi connectivity index (χ4n) is 4.94. The summed E-state index contributed by atoms with van der Waals surface area (Å²) in [7, 11) is 0. The average molecular weight is 543 g/mol. The van der Waals surface area contributed by atoms with Gasteiger partial charge in [0, 0.05) is 54.5 Å². The Balaban J connectivity index is 1.42. The summed E-state index contributed by atoms with van der Waals surface area (Å²) in [6, 6.07) is 15.6. The predicted molar refractivity (Wildman–Crippen MR) is 155 cm³/mol. The van der Waals surface area contributed by atoms with Crippen LogP contribution in [0.1, 0.15) is 31.7 Å². The van der Waals surface area contributed by atoms with Crippen molar-refractivity contribution in [1.82, 2.24) is 19.9 Å². The molecule has 0 aliphatic carbocycles. The molecule has 1 fully saturated rings. The van der Waals surface area contributed by atoms with Crippen LogP contribution < -0.4 is 15.4 Å². The lowest BCUT2D eigenvalue weighted by Gasteiger charge is -2.31. The summed E-state index contributed by atoms with van der Waals surface area (Å²) in [5.74, 6) is 1.56. The first-order valence-corrected chi connectivity index (χ1v) is 13.5. The zero-order chi connectivity index (χ0) is 28.1. The van der Waals surface area contributed by atoms with E-state index in [1.807, 2.05) is 43.3 Å². The highest BCUT2D eigenvalue weighted by Gasteiger charge is 2.24. The Kier molecular flexibility index (Phi) is 8.26. The fraction of sp³-hybridized carbons (Fsp3) is 0.333. The summed E-state index contributed by atoms with van der Waals surface area (Å²) in [5.41, 5.74) is 3.30. The number of hydrogen-bond donors (Lipinski definition) is 4. The zero-order valence-corrected chi connectivity index (χ0v) is 22.7. The number of pyridine rings is 1. The van der Waals surface area contributed by atoms with Gasteiger partial charge in [0.15, 0.2) is 0 Å². The third-order valence-electron chi connectivity index (χ3n) is 7.01. The maximum atomic E-state index is 11.4. The Labute approximate surface area is 233 Å². The minimum atomic E-state index is -0.912. The van der Waals surface area contributed by atoms with Crippen LogP contribution in [-0.2, 0) is 0 Å². The molecule has 4 N–H and O–H groups in total. The highest BCUT2D eigenvalue weighted by atomic mass is 16.5. The number of rotatable bonds is 9. The van der Waals surface area contributed by atoms with E-state index in [1.54, 1.807) is 25.4 Å². The molecule has 5 rings (SSSR count). The van der Waals surface area contributed by atoms with Crippen LogP contribution in [0.15, 0.2) is 60.9 Å². The number of hydrogen-bond acceptors (Lipinski definition) is 8. The van der Waals surface area contributed by atoms with Gasteiger partial charge in [-0.15, -0.1) is 0 Å². The number of amides is 1. The van der Waals surface area contributed by atoms with E-state index in [4.69, 9.17) is 9.72 Å². The maximum Gasteiger partial charge on any atom is 0.407 e. The second-order valence-electron chi connectivity index (χ2n) is 10.1. The Morgan fingerprint density at radius 2 is 2.00 bits per heavy atom. The van der Waals surface area contributed by atoms with E-state index in [0.29, 0.717) is 54.9 Å². The van der Waals surface area contributed by atoms with Crippen LogP contribution in [0.25, 0.3) is 22.0 Å². The number of aliphatic hydroxyl groups excluding tert-OH is 1. The van der Waals surface area contributed by atoms with Gasteiger partial charge in [-0.1, -0.05) is 24.3 Å². The first-order chi connectivity index (χ1) is 19.4. The number of aromatic nitrogens is 3. The number of carboxylic acid groups (broad SMARTS) is 1. The minimum absolute atomic E-state index is 0.0635. The van der Waals surface area contributed by atoms with E-state index in [-0.39, 0.29) is 12.1 Å². The summed E-state index contributed by atoms with van der Waals surface area (Å²) in [6.07, 6.45) is 4.35. The number of carbonyl (C=O) groups is 1. The first-order valence-electron chi connectivity index (χ1n) is 13.5. The van der Waals surface area contributed by atoms with Crippen LogP contribution in [0, 0.1) is 6.92 Å². The lowest BCUT2D eigenvalue weighted by molar-refractivity contribution is 0.132. The van der Waals surface area contributed by atoms with Crippen molar-refractivity contribution in [2.45, 2.75) is 45.3 Å². The molecule has 1 aliphatic rings. The zero-order valence-electron chi connectivity index (χ0n) is 22.7. The van der Waals surface area contributed by atoms with Gasteiger partial charge in [-0.05, 0) is 62.9 Å². The average Bonchev–Trinajstić information content (AvgIpc) is 2.95. The van der Waals surface area contributed by atoms with Crippen molar-refractivity contribution in [1.29, 1.82) is 0 Å². The molecular weight excluding hydrogens is 508 g/mol. The van der Waals surface area contributed by atoms with E-state index >= 15 is 0 Å². The number of piperidine rings is 1. The van der Waals surface area contributed by atoms with Crippen molar-refractivity contribution in [2.75, 3.05) is 30.3 Å². The van der Waals surface area contributed by atoms with Gasteiger partial charge in [-0.2, -0.15) is 0 Å². The lowest BCUT2D eigenvalue weighted by atomic mass is 10.0. The van der Waals surface area contributed by atoms with Crippen molar-refractivity contribution in [3.8, 4) is 22.9 Å². The van der Waals surface area contributed by atoms with E-state index in [2.05, 4.69) is 26.7 Å². The Morgan fingerprint density at radius 1 is 1.12 bits per heavy atom. The summed E-state index contributed by atoms with van der Waals surface area (Å²) in [5, 5.41) is 27.7. The summed E-state index contributed by atoms with van der Waals surface area (Å²) in [6.45, 7) is 5.37. The minimum Gasteiger partial charge on any atom is -0.465 e. The normalized spacial score (nSPS) is 16.0. The number of aliphatic hydroxyl groups is 1. The highest BCUT2D eigenvalue weighted by molar-refractivity contribution is 5.98. The van der Waals surface area contributed by atoms with Crippen molar-refractivity contribution >= 4 is 28.5 Å². The van der Waals surface area contributed by atoms with Gasteiger partial charge in [0.25, 0.3) is 0 Å². The van der Waals surface area contributed by atoms with Crippen LogP contribution in [0.5, 0.6) is 11.6 Å². The molecule has 208 valence electrons. The third-order valence-corrected chi connectivity index (χ3v) is 7.01. The molecule has 10 nitrogen and oxygen atoms in total. The number of likely N-dealkylation sites (tertiary alicyclic amines) is 1. The van der Waals surface area contributed by atoms with Gasteiger partial charge in [-0.25, -0.2) is 19.7 Å². The molecule has 2 atom stereocenters. The molecule has 1 unspecified atom stereocenters. The van der Waals surface area contributed by atoms with Gasteiger partial charge in [0.05, 0.1) is 17.4 Å². The highest BCUT2D eigenvalue weighted by Crippen LogP contribution is 2.38. The summed E-state index contributed by atoms with van der Waals surface area (Å²) in [4.78, 5) is 26.5. The molecule has 1 aliphatic heterocycles. The molecule has 40 heavy (non-hydrogen) atoms. The molecule has 1 saturated heterocycles. The van der Waals surface area contributed by atoms with Crippen LogP contribution >= 0.6 is 0 Å². The number of ether oxygens (including phenoxy) is 1. The van der Waals surface area contributed by atoms with Gasteiger partial charge in [0.2, 0.25) is 11.8 Å². The Morgan fingerprint density at radius 3 is 2.83 bits per heavy atom. The smallest absolute Gasteiger partial charge is 0.407 e. The number of benzene rings is 2. The molecule has 3 heterocycles. The number of anilines is 2. The maximum absolute atomic E-state index is 11.4. The summed E-state index contributed by atoms with van der Waals surface area (Å²) >= 11 is 0. The van der Waals surface area contributed by atoms with Crippen molar-refractivity contribution in [3.05, 3.63) is 66.5 Å².